The van der Waals surface area contributed by atoms with Crippen molar-refractivity contribution in [2.75, 3.05) is 18.9 Å². The Kier molecular flexibility index (Phi) is 8.85. The van der Waals surface area contributed by atoms with E-state index < -0.39 is 55.0 Å². The van der Waals surface area contributed by atoms with E-state index in [-0.39, 0.29) is 12.2 Å². The number of aliphatic hydroxyl groups is 1. The molecule has 0 bridgehead atoms. The van der Waals surface area contributed by atoms with Crippen LogP contribution in [0.2, 0.25) is 0 Å². The molecule has 1 aromatic carbocycles. The van der Waals surface area contributed by atoms with E-state index in [1.807, 2.05) is 24.3 Å². The topological polar surface area (TPSA) is 187 Å². The molecule has 3 amide bonds. The van der Waals surface area contributed by atoms with Gasteiger partial charge in [0.2, 0.25) is 17.7 Å². The first-order valence-electron chi connectivity index (χ1n) is 9.39. The number of aliphatic hydroxyl groups excluding tert-OH is 1. The summed E-state index contributed by atoms with van der Waals surface area (Å²) in [5.74, 6) is -3.37. The van der Waals surface area contributed by atoms with E-state index in [1.165, 1.54) is 0 Å². The lowest BCUT2D eigenvalue weighted by Gasteiger charge is -2.20. The first kappa shape index (κ1) is 24.2. The molecule has 3 atom stereocenters. The maximum absolute atomic E-state index is 12.7. The van der Waals surface area contributed by atoms with Crippen LogP contribution < -0.4 is 21.7 Å². The van der Waals surface area contributed by atoms with E-state index >= 15 is 0 Å². The van der Waals surface area contributed by atoms with Crippen molar-refractivity contribution in [1.82, 2.24) is 20.9 Å². The molecule has 0 aliphatic heterocycles. The minimum atomic E-state index is -1.49. The van der Waals surface area contributed by atoms with E-state index in [4.69, 9.17) is 15.9 Å². The third-order valence-electron chi connectivity index (χ3n) is 4.50. The molecular formula is C19H25N5O6S. The number of H-pyrrole nitrogens is 1. The summed E-state index contributed by atoms with van der Waals surface area (Å²) in [6.45, 7) is -1.34. The summed E-state index contributed by atoms with van der Waals surface area (Å²) in [6, 6.07) is 3.98. The van der Waals surface area contributed by atoms with Gasteiger partial charge in [-0.1, -0.05) is 18.2 Å². The van der Waals surface area contributed by atoms with Crippen molar-refractivity contribution < 1.29 is 29.4 Å². The van der Waals surface area contributed by atoms with Gasteiger partial charge in [0.25, 0.3) is 0 Å². The van der Waals surface area contributed by atoms with Crippen molar-refractivity contribution in [3.63, 3.8) is 0 Å². The number of carboxylic acid groups (broad SMARTS) is 1. The first-order valence-corrected chi connectivity index (χ1v) is 10.0. The van der Waals surface area contributed by atoms with Gasteiger partial charge < -0.3 is 36.9 Å². The summed E-state index contributed by atoms with van der Waals surface area (Å²) in [5, 5.41) is 25.7. The third-order valence-corrected chi connectivity index (χ3v) is 4.90. The van der Waals surface area contributed by atoms with Gasteiger partial charge >= 0.3 is 5.97 Å². The highest BCUT2D eigenvalue weighted by Gasteiger charge is 2.26. The summed E-state index contributed by atoms with van der Waals surface area (Å²) < 4.78 is 0. The number of carbonyl (C=O) groups is 4. The van der Waals surface area contributed by atoms with Crippen LogP contribution in [0.1, 0.15) is 5.56 Å². The normalized spacial score (nSPS) is 13.8. The number of carbonyl (C=O) groups excluding carboxylic acids is 3. The number of fused-ring (bicyclic) bond motifs is 1. The van der Waals surface area contributed by atoms with Gasteiger partial charge in [-0.15, -0.1) is 0 Å². The molecule has 2 rings (SSSR count). The number of para-hydroxylation sites is 1. The number of aromatic amines is 1. The number of benzene rings is 1. The number of aliphatic carboxylic acids is 1. The Balaban J connectivity index is 2.10. The van der Waals surface area contributed by atoms with Gasteiger partial charge in [0.15, 0.2) is 0 Å². The van der Waals surface area contributed by atoms with Crippen molar-refractivity contribution >= 4 is 47.2 Å². The molecule has 0 radical (unpaired) electrons. The molecule has 0 saturated carbocycles. The quantitative estimate of drug-likeness (QED) is 0.184. The van der Waals surface area contributed by atoms with Gasteiger partial charge in [-0.3, -0.25) is 14.4 Å². The van der Waals surface area contributed by atoms with E-state index in [2.05, 4.69) is 33.6 Å². The number of hydrogen-bond donors (Lipinski definition) is 8. The van der Waals surface area contributed by atoms with Crippen LogP contribution in [0, 0.1) is 0 Å². The Morgan fingerprint density at radius 2 is 1.81 bits per heavy atom. The average molecular weight is 452 g/mol. The number of aromatic nitrogens is 1. The lowest BCUT2D eigenvalue weighted by atomic mass is 10.0. The lowest BCUT2D eigenvalue weighted by Crippen LogP contribution is -2.54. The molecule has 0 saturated heterocycles. The highest BCUT2D eigenvalue weighted by atomic mass is 32.1. The second kappa shape index (κ2) is 11.3. The minimum Gasteiger partial charge on any atom is -0.480 e. The van der Waals surface area contributed by atoms with Crippen LogP contribution in [-0.2, 0) is 25.6 Å². The number of nitrogens with one attached hydrogen (secondary N) is 4. The number of nitrogens with two attached hydrogens (primary N) is 1. The summed E-state index contributed by atoms with van der Waals surface area (Å²) >= 11 is 3.98. The highest BCUT2D eigenvalue weighted by molar-refractivity contribution is 7.80. The van der Waals surface area contributed by atoms with Gasteiger partial charge in [-0.05, 0) is 11.6 Å². The predicted molar refractivity (Wildman–Crippen MR) is 115 cm³/mol. The van der Waals surface area contributed by atoms with Crippen molar-refractivity contribution in [2.24, 2.45) is 5.73 Å². The van der Waals surface area contributed by atoms with Crippen molar-refractivity contribution in [3.8, 4) is 0 Å². The van der Waals surface area contributed by atoms with Crippen LogP contribution in [0.3, 0.4) is 0 Å². The molecule has 0 aliphatic carbocycles. The zero-order chi connectivity index (χ0) is 23.0. The largest absolute Gasteiger partial charge is 0.480 e. The fourth-order valence-electron chi connectivity index (χ4n) is 2.81. The number of carboxylic acids is 1. The zero-order valence-corrected chi connectivity index (χ0v) is 17.4. The Hall–Kier alpha value is -3.09. The predicted octanol–water partition coefficient (Wildman–Crippen LogP) is -1.87. The SMILES string of the molecule is NC(CS)C(=O)NC(Cc1c[nH]c2ccccc12)C(=O)NCC(=O)NC(CO)C(=O)O. The molecular weight excluding hydrogens is 426 g/mol. The molecule has 0 fully saturated rings. The maximum atomic E-state index is 12.7. The van der Waals surface area contributed by atoms with Gasteiger partial charge in [-0.2, -0.15) is 12.6 Å². The summed E-state index contributed by atoms with van der Waals surface area (Å²) in [6.07, 6.45) is 1.85. The standard InChI is InChI=1S/C19H25N5O6S/c20-12(9-31)17(27)24-14(5-10-6-21-13-4-2-1-3-11(10)13)18(28)22-7-16(26)23-15(8-25)19(29)30/h1-4,6,12,14-15,21,25,31H,5,7-9,20H2,(H,22,28)(H,23,26)(H,24,27)(H,29,30). The second-order valence-electron chi connectivity index (χ2n) is 6.77. The molecule has 12 heteroatoms. The third kappa shape index (κ3) is 6.70. The second-order valence-corrected chi connectivity index (χ2v) is 7.14. The molecule has 8 N–H and O–H groups in total. The Labute approximate surface area is 183 Å². The molecule has 1 aromatic heterocycles. The molecule has 0 spiro atoms. The molecule has 11 nitrogen and oxygen atoms in total. The van der Waals surface area contributed by atoms with Crippen LogP contribution in [0.25, 0.3) is 10.9 Å². The summed E-state index contributed by atoms with van der Waals surface area (Å²) in [7, 11) is 0. The Bertz CT molecular complexity index is 949. The number of hydrogen-bond acceptors (Lipinski definition) is 7. The molecule has 1 heterocycles. The van der Waals surface area contributed by atoms with Crippen molar-refractivity contribution in [3.05, 3.63) is 36.0 Å². The fraction of sp³-hybridized carbons (Fsp3) is 0.368. The number of rotatable bonds is 11. The van der Waals surface area contributed by atoms with E-state index in [9.17, 15) is 19.2 Å². The van der Waals surface area contributed by atoms with Crippen LogP contribution >= 0.6 is 12.6 Å². The summed E-state index contributed by atoms with van der Waals surface area (Å²) in [4.78, 5) is 50.8. The first-order chi connectivity index (χ1) is 14.8. The Morgan fingerprint density at radius 3 is 2.45 bits per heavy atom. The lowest BCUT2D eigenvalue weighted by molar-refractivity contribution is -0.142. The average Bonchev–Trinajstić information content (AvgIpc) is 3.17. The van der Waals surface area contributed by atoms with E-state index in [1.54, 1.807) is 6.20 Å². The number of thiol groups is 1. The molecule has 2 aromatic rings. The monoisotopic (exact) mass is 451 g/mol. The minimum absolute atomic E-state index is 0.0768. The molecule has 31 heavy (non-hydrogen) atoms. The van der Waals surface area contributed by atoms with Crippen molar-refractivity contribution in [2.45, 2.75) is 24.5 Å². The van der Waals surface area contributed by atoms with E-state index in [0.717, 1.165) is 16.5 Å². The fourth-order valence-corrected chi connectivity index (χ4v) is 2.98. The van der Waals surface area contributed by atoms with Gasteiger partial charge in [0, 0.05) is 29.3 Å². The van der Waals surface area contributed by atoms with Crippen LogP contribution in [-0.4, -0.2) is 75.9 Å². The van der Waals surface area contributed by atoms with E-state index in [0.29, 0.717) is 0 Å². The van der Waals surface area contributed by atoms with Gasteiger partial charge in [-0.25, -0.2) is 4.79 Å². The van der Waals surface area contributed by atoms with Gasteiger partial charge in [0.05, 0.1) is 19.2 Å². The van der Waals surface area contributed by atoms with Crippen molar-refractivity contribution in [1.29, 1.82) is 0 Å². The van der Waals surface area contributed by atoms with Crippen LogP contribution in [0.5, 0.6) is 0 Å². The zero-order valence-electron chi connectivity index (χ0n) is 16.5. The number of amides is 3. The summed E-state index contributed by atoms with van der Waals surface area (Å²) in [5.41, 5.74) is 7.31. The maximum Gasteiger partial charge on any atom is 0.328 e. The highest BCUT2D eigenvalue weighted by Crippen LogP contribution is 2.19. The molecule has 0 aliphatic rings. The molecule has 168 valence electrons. The van der Waals surface area contributed by atoms with Gasteiger partial charge in [0.1, 0.15) is 12.1 Å². The smallest absolute Gasteiger partial charge is 0.328 e. The molecule has 3 unspecified atom stereocenters. The Morgan fingerprint density at radius 1 is 1.10 bits per heavy atom. The van der Waals surface area contributed by atoms with Crippen LogP contribution in [0.4, 0.5) is 0 Å². The van der Waals surface area contributed by atoms with Crippen LogP contribution in [0.15, 0.2) is 30.5 Å².